The minimum atomic E-state index is -3.83. The number of primary sulfonamides is 1. The number of nitrogens with zero attached hydrogens (tertiary/aromatic N) is 2. The van der Waals surface area contributed by atoms with Gasteiger partial charge in [-0.25, -0.2) is 13.6 Å². The highest BCUT2D eigenvalue weighted by Gasteiger charge is 2.31. The molecule has 8 heteroatoms. The van der Waals surface area contributed by atoms with E-state index in [1.165, 1.54) is 29.3 Å². The molecule has 3 rings (SSSR count). The number of ether oxygens (including phenoxy) is 1. The summed E-state index contributed by atoms with van der Waals surface area (Å²) in [6.45, 7) is 17.1. The summed E-state index contributed by atoms with van der Waals surface area (Å²) in [6.07, 6.45) is 1.84. The minimum Gasteiger partial charge on any atom is -0.493 e. The van der Waals surface area contributed by atoms with Crippen LogP contribution in [0.3, 0.4) is 0 Å². The number of amides is 1. The first-order valence-corrected chi connectivity index (χ1v) is 13.1. The third kappa shape index (κ3) is 5.65. The molecule has 0 bridgehead atoms. The van der Waals surface area contributed by atoms with E-state index in [1.807, 2.05) is 13.0 Å². The van der Waals surface area contributed by atoms with Gasteiger partial charge in [-0.2, -0.15) is 10.1 Å². The van der Waals surface area contributed by atoms with Gasteiger partial charge in [-0.1, -0.05) is 47.6 Å². The van der Waals surface area contributed by atoms with Crippen molar-refractivity contribution in [2.75, 3.05) is 11.6 Å². The van der Waals surface area contributed by atoms with Crippen molar-refractivity contribution in [1.29, 1.82) is 0 Å². The molecule has 188 valence electrons. The Morgan fingerprint density at radius 1 is 1.03 bits per heavy atom. The molecule has 7 nitrogen and oxygen atoms in total. The molecule has 0 unspecified atom stereocenters. The van der Waals surface area contributed by atoms with E-state index in [-0.39, 0.29) is 21.6 Å². The van der Waals surface area contributed by atoms with E-state index in [0.717, 1.165) is 22.4 Å². The molecule has 0 saturated carbocycles. The van der Waals surface area contributed by atoms with Crippen LogP contribution in [-0.2, 0) is 25.6 Å². The molecule has 1 aliphatic heterocycles. The van der Waals surface area contributed by atoms with Crippen LogP contribution in [-0.4, -0.2) is 26.6 Å². The summed E-state index contributed by atoms with van der Waals surface area (Å²) in [5.41, 5.74) is 4.25. The highest BCUT2D eigenvalue weighted by Crippen LogP contribution is 2.40. The van der Waals surface area contributed by atoms with Gasteiger partial charge < -0.3 is 4.74 Å². The minimum absolute atomic E-state index is 0.0283. The summed E-state index contributed by atoms with van der Waals surface area (Å²) >= 11 is 0. The number of carbonyl (C=O) groups excluding carboxylic acids is 1. The van der Waals surface area contributed by atoms with Crippen molar-refractivity contribution in [3.05, 3.63) is 58.7 Å². The van der Waals surface area contributed by atoms with E-state index in [4.69, 9.17) is 9.88 Å². The lowest BCUT2D eigenvalue weighted by molar-refractivity contribution is -0.114. The highest BCUT2D eigenvalue weighted by atomic mass is 32.2. The standard InChI is InChI=1S/C27H35N3O4S/c1-9-34-24-18(14-19(26(3,4)5)16-23(24)27(6,7)8)15-22-17(2)29-30(25(22)31)20-10-12-21(13-11-20)35(28,32)33/h10-16H,9H2,1-8H3,(H2,28,32,33)/b22-15-. The maximum absolute atomic E-state index is 13.4. The van der Waals surface area contributed by atoms with Gasteiger partial charge in [-0.05, 0) is 66.6 Å². The molecular weight excluding hydrogens is 462 g/mol. The predicted octanol–water partition coefficient (Wildman–Crippen LogP) is 5.13. The molecule has 2 aromatic carbocycles. The van der Waals surface area contributed by atoms with Crippen molar-refractivity contribution in [3.8, 4) is 5.75 Å². The summed E-state index contributed by atoms with van der Waals surface area (Å²) in [4.78, 5) is 13.4. The SMILES string of the molecule is CCOc1c(/C=C2\C(=O)N(c3ccc(S(N)(=O)=O)cc3)N=C2C)cc(C(C)(C)C)cc1C(C)(C)C. The van der Waals surface area contributed by atoms with Gasteiger partial charge >= 0.3 is 0 Å². The number of sulfonamides is 1. The van der Waals surface area contributed by atoms with Crippen molar-refractivity contribution >= 4 is 33.4 Å². The van der Waals surface area contributed by atoms with Gasteiger partial charge in [0.1, 0.15) is 5.75 Å². The first-order valence-electron chi connectivity index (χ1n) is 11.6. The van der Waals surface area contributed by atoms with Gasteiger partial charge in [0.25, 0.3) is 5.91 Å². The van der Waals surface area contributed by atoms with Crippen molar-refractivity contribution < 1.29 is 17.9 Å². The molecule has 1 amide bonds. The fraction of sp³-hybridized carbons (Fsp3) is 0.407. The number of anilines is 1. The lowest BCUT2D eigenvalue weighted by Crippen LogP contribution is -2.22. The van der Waals surface area contributed by atoms with Crippen LogP contribution in [0.15, 0.2) is 52.0 Å². The predicted molar refractivity (Wildman–Crippen MR) is 141 cm³/mol. The molecule has 2 N–H and O–H groups in total. The quantitative estimate of drug-likeness (QED) is 0.578. The third-order valence-corrected chi connectivity index (χ3v) is 6.78. The molecule has 0 atom stereocenters. The fourth-order valence-electron chi connectivity index (χ4n) is 3.85. The van der Waals surface area contributed by atoms with Gasteiger partial charge in [-0.3, -0.25) is 4.79 Å². The smallest absolute Gasteiger partial charge is 0.280 e. The Kier molecular flexibility index (Phi) is 7.03. The summed E-state index contributed by atoms with van der Waals surface area (Å²) in [5, 5.41) is 10.9. The van der Waals surface area contributed by atoms with Crippen LogP contribution in [0.4, 0.5) is 5.69 Å². The van der Waals surface area contributed by atoms with E-state index in [0.29, 0.717) is 23.6 Å². The van der Waals surface area contributed by atoms with Crippen molar-refractivity contribution in [3.63, 3.8) is 0 Å². The number of hydrogen-bond donors (Lipinski definition) is 1. The Bertz CT molecular complexity index is 1310. The maximum Gasteiger partial charge on any atom is 0.280 e. The second kappa shape index (κ2) is 9.24. The summed E-state index contributed by atoms with van der Waals surface area (Å²) in [6, 6.07) is 10.0. The van der Waals surface area contributed by atoms with Crippen molar-refractivity contribution in [2.24, 2.45) is 10.2 Å². The maximum atomic E-state index is 13.4. The third-order valence-electron chi connectivity index (χ3n) is 5.85. The van der Waals surface area contributed by atoms with Gasteiger partial charge in [0.2, 0.25) is 10.0 Å². The molecular formula is C27H35N3O4S. The molecule has 0 radical (unpaired) electrons. The average Bonchev–Trinajstić information content (AvgIpc) is 3.01. The summed E-state index contributed by atoms with van der Waals surface area (Å²) < 4.78 is 29.3. The van der Waals surface area contributed by atoms with E-state index in [9.17, 15) is 13.2 Å². The zero-order valence-electron chi connectivity index (χ0n) is 21.8. The normalized spacial score (nSPS) is 16.1. The number of benzene rings is 2. The number of rotatable bonds is 5. The van der Waals surface area contributed by atoms with Gasteiger partial charge in [-0.15, -0.1) is 0 Å². The second-order valence-electron chi connectivity index (χ2n) is 10.8. The lowest BCUT2D eigenvalue weighted by atomic mass is 9.78. The van der Waals surface area contributed by atoms with Crippen LogP contribution in [0.1, 0.15) is 72.1 Å². The van der Waals surface area contributed by atoms with Gasteiger partial charge in [0.15, 0.2) is 0 Å². The molecule has 0 aromatic heterocycles. The first kappa shape index (κ1) is 26.6. The molecule has 35 heavy (non-hydrogen) atoms. The number of hydrazone groups is 1. The zero-order chi connectivity index (χ0) is 26.3. The first-order chi connectivity index (χ1) is 16.0. The van der Waals surface area contributed by atoms with Crippen LogP contribution in [0.25, 0.3) is 6.08 Å². The van der Waals surface area contributed by atoms with E-state index >= 15 is 0 Å². The topological polar surface area (TPSA) is 102 Å². The Labute approximate surface area is 208 Å². The van der Waals surface area contributed by atoms with Crippen molar-refractivity contribution in [1.82, 2.24) is 0 Å². The van der Waals surface area contributed by atoms with Crippen molar-refractivity contribution in [2.45, 2.75) is 71.1 Å². The Hall–Kier alpha value is -2.97. The monoisotopic (exact) mass is 497 g/mol. The van der Waals surface area contributed by atoms with Crippen LogP contribution >= 0.6 is 0 Å². The lowest BCUT2D eigenvalue weighted by Gasteiger charge is -2.29. The molecule has 0 saturated heterocycles. The Balaban J connectivity index is 2.13. The van der Waals surface area contributed by atoms with E-state index < -0.39 is 10.0 Å². The number of hydrogen-bond acceptors (Lipinski definition) is 5. The van der Waals surface area contributed by atoms with E-state index in [2.05, 4.69) is 58.8 Å². The summed E-state index contributed by atoms with van der Waals surface area (Å²) in [5.74, 6) is 0.462. The molecule has 0 fully saturated rings. The second-order valence-corrected chi connectivity index (χ2v) is 12.3. The summed E-state index contributed by atoms with van der Waals surface area (Å²) in [7, 11) is -3.83. The highest BCUT2D eigenvalue weighted by molar-refractivity contribution is 7.89. The van der Waals surface area contributed by atoms with Gasteiger partial charge in [0, 0.05) is 11.1 Å². The molecule has 1 heterocycles. The largest absolute Gasteiger partial charge is 0.493 e. The Morgan fingerprint density at radius 2 is 1.63 bits per heavy atom. The van der Waals surface area contributed by atoms with E-state index in [1.54, 1.807) is 6.92 Å². The fourth-order valence-corrected chi connectivity index (χ4v) is 4.36. The Morgan fingerprint density at radius 3 is 2.11 bits per heavy atom. The molecule has 1 aliphatic rings. The van der Waals surface area contributed by atoms with Gasteiger partial charge in [0.05, 0.1) is 28.5 Å². The van der Waals surface area contributed by atoms with Crippen LogP contribution in [0.2, 0.25) is 0 Å². The van der Waals surface area contributed by atoms with Crippen LogP contribution in [0, 0.1) is 0 Å². The zero-order valence-corrected chi connectivity index (χ0v) is 22.6. The molecule has 2 aromatic rings. The number of carbonyl (C=O) groups is 1. The average molecular weight is 498 g/mol. The molecule has 0 aliphatic carbocycles. The number of nitrogens with two attached hydrogens (primary N) is 1. The molecule has 0 spiro atoms. The van der Waals surface area contributed by atoms with Crippen LogP contribution < -0.4 is 14.9 Å². The van der Waals surface area contributed by atoms with Crippen LogP contribution in [0.5, 0.6) is 5.75 Å².